The van der Waals surface area contributed by atoms with Crippen LogP contribution in [0.3, 0.4) is 0 Å². The van der Waals surface area contributed by atoms with Crippen LogP contribution in [0.2, 0.25) is 0 Å². The van der Waals surface area contributed by atoms with Gasteiger partial charge in [0.15, 0.2) is 0 Å². The predicted octanol–water partition coefficient (Wildman–Crippen LogP) is 5.18. The van der Waals surface area contributed by atoms with Crippen molar-refractivity contribution < 1.29 is 22.7 Å². The summed E-state index contributed by atoms with van der Waals surface area (Å²) in [7, 11) is 4.03. The number of likely N-dealkylation sites (tertiary alicyclic amines) is 1. The molecule has 0 radical (unpaired) electrons. The maximum atomic E-state index is 13.3. The summed E-state index contributed by atoms with van der Waals surface area (Å²) in [6.45, 7) is 1.38. The zero-order chi connectivity index (χ0) is 22.2. The maximum Gasteiger partial charge on any atom is 0.573 e. The van der Waals surface area contributed by atoms with Gasteiger partial charge >= 0.3 is 6.36 Å². The molecule has 0 spiro atoms. The Hall–Kier alpha value is -3.06. The zero-order valence-electron chi connectivity index (χ0n) is 17.3. The average Bonchev–Trinajstić information content (AvgIpc) is 3.22. The summed E-state index contributed by atoms with van der Waals surface area (Å²) in [6, 6.07) is 17.3. The number of ether oxygens (including phenoxy) is 1. The van der Waals surface area contributed by atoms with Gasteiger partial charge in [0, 0.05) is 24.7 Å². The first-order valence-corrected chi connectivity index (χ1v) is 10.1. The number of hydrogen-bond donors (Lipinski definition) is 0. The highest BCUT2D eigenvalue weighted by atomic mass is 19.4. The summed E-state index contributed by atoms with van der Waals surface area (Å²) in [5, 5.41) is 1.58. The van der Waals surface area contributed by atoms with E-state index in [1.165, 1.54) is 18.2 Å². The van der Waals surface area contributed by atoms with Crippen molar-refractivity contribution in [1.82, 2.24) is 9.80 Å². The van der Waals surface area contributed by atoms with Crippen molar-refractivity contribution in [3.05, 3.63) is 66.2 Å². The van der Waals surface area contributed by atoms with Crippen molar-refractivity contribution in [3.8, 4) is 16.9 Å². The Labute approximate surface area is 178 Å². The Balaban J connectivity index is 1.71. The van der Waals surface area contributed by atoms with Crippen molar-refractivity contribution >= 4 is 16.7 Å². The van der Waals surface area contributed by atoms with E-state index in [4.69, 9.17) is 0 Å². The molecule has 31 heavy (non-hydrogen) atoms. The average molecular weight is 428 g/mol. The van der Waals surface area contributed by atoms with Crippen LogP contribution in [0.4, 0.5) is 13.2 Å². The summed E-state index contributed by atoms with van der Waals surface area (Å²) in [6.07, 6.45) is -3.82. The van der Waals surface area contributed by atoms with Gasteiger partial charge in [0.25, 0.3) is 5.91 Å². The van der Waals surface area contributed by atoms with Gasteiger partial charge in [0.05, 0.1) is 0 Å². The minimum Gasteiger partial charge on any atom is -0.406 e. The molecule has 1 aliphatic rings. The Kier molecular flexibility index (Phi) is 5.62. The molecule has 1 fully saturated rings. The summed E-state index contributed by atoms with van der Waals surface area (Å²) in [5.74, 6) is -0.303. The molecule has 3 aromatic carbocycles. The number of halogens is 3. The molecule has 1 saturated heterocycles. The monoisotopic (exact) mass is 428 g/mol. The Morgan fingerprint density at radius 1 is 1.03 bits per heavy atom. The van der Waals surface area contributed by atoms with Crippen LogP contribution in [0.25, 0.3) is 21.9 Å². The largest absolute Gasteiger partial charge is 0.573 e. The van der Waals surface area contributed by atoms with Gasteiger partial charge in [-0.2, -0.15) is 0 Å². The number of fused-ring (bicyclic) bond motifs is 1. The minimum absolute atomic E-state index is 0.0266. The van der Waals surface area contributed by atoms with Crippen LogP contribution in [0.1, 0.15) is 16.8 Å². The topological polar surface area (TPSA) is 32.8 Å². The SMILES string of the molecule is CN(C)[C@H]1CCN(C(=O)c2ccc(-c3cccc(OC(F)(F)F)c3)c3ccccc23)C1. The molecule has 3 aromatic rings. The standard InChI is InChI=1S/C24H23F3N2O2/c1-28(2)17-12-13-29(15-17)23(30)22-11-10-19(20-8-3-4-9-21(20)22)16-6-5-7-18(14-16)31-24(25,26)27/h3-11,14,17H,12-13,15H2,1-2H3/t17-/m0/s1. The third kappa shape index (κ3) is 4.51. The molecule has 0 bridgehead atoms. The molecule has 0 aromatic heterocycles. The van der Waals surface area contributed by atoms with E-state index < -0.39 is 6.36 Å². The third-order valence-corrected chi connectivity index (χ3v) is 5.71. The van der Waals surface area contributed by atoms with Gasteiger partial charge in [0.1, 0.15) is 5.75 Å². The Morgan fingerprint density at radius 3 is 2.45 bits per heavy atom. The van der Waals surface area contributed by atoms with Crippen LogP contribution in [-0.2, 0) is 0 Å². The van der Waals surface area contributed by atoms with Crippen LogP contribution in [-0.4, -0.2) is 55.3 Å². The zero-order valence-corrected chi connectivity index (χ0v) is 17.3. The number of rotatable bonds is 4. The quantitative estimate of drug-likeness (QED) is 0.574. The van der Waals surface area contributed by atoms with E-state index in [1.807, 2.05) is 43.3 Å². The lowest BCUT2D eigenvalue weighted by Crippen LogP contribution is -2.34. The number of benzene rings is 3. The van der Waals surface area contributed by atoms with Crippen LogP contribution in [0.15, 0.2) is 60.7 Å². The van der Waals surface area contributed by atoms with E-state index in [9.17, 15) is 18.0 Å². The second-order valence-electron chi connectivity index (χ2n) is 7.94. The number of nitrogens with zero attached hydrogens (tertiary/aromatic N) is 2. The van der Waals surface area contributed by atoms with Crippen molar-refractivity contribution in [2.45, 2.75) is 18.8 Å². The van der Waals surface area contributed by atoms with Gasteiger partial charge in [-0.25, -0.2) is 0 Å². The number of alkyl halides is 3. The van der Waals surface area contributed by atoms with Gasteiger partial charge in [0.2, 0.25) is 0 Å². The first kappa shape index (κ1) is 21.2. The van der Waals surface area contributed by atoms with Gasteiger partial charge in [-0.05, 0) is 60.6 Å². The molecule has 0 saturated carbocycles. The maximum absolute atomic E-state index is 13.3. The van der Waals surface area contributed by atoms with Crippen molar-refractivity contribution in [1.29, 1.82) is 0 Å². The lowest BCUT2D eigenvalue weighted by molar-refractivity contribution is -0.274. The molecule has 1 amide bonds. The normalized spacial score (nSPS) is 16.8. The second-order valence-corrected chi connectivity index (χ2v) is 7.94. The number of likely N-dealkylation sites (N-methyl/N-ethyl adjacent to an activating group) is 1. The van der Waals surface area contributed by atoms with Gasteiger partial charge in [-0.3, -0.25) is 4.79 Å². The molecule has 0 N–H and O–H groups in total. The summed E-state index contributed by atoms with van der Waals surface area (Å²) < 4.78 is 42.0. The lowest BCUT2D eigenvalue weighted by atomic mass is 9.94. The fraction of sp³-hybridized carbons (Fsp3) is 0.292. The predicted molar refractivity (Wildman–Crippen MR) is 114 cm³/mol. The summed E-state index contributed by atoms with van der Waals surface area (Å²) in [4.78, 5) is 17.2. The highest BCUT2D eigenvalue weighted by molar-refractivity contribution is 6.11. The lowest BCUT2D eigenvalue weighted by Gasteiger charge is -2.21. The molecule has 1 aliphatic heterocycles. The molecular formula is C24H23F3N2O2. The fourth-order valence-electron chi connectivity index (χ4n) is 4.12. The van der Waals surface area contributed by atoms with Crippen molar-refractivity contribution in [3.63, 3.8) is 0 Å². The van der Waals surface area contributed by atoms with Gasteiger partial charge < -0.3 is 14.5 Å². The molecule has 4 nitrogen and oxygen atoms in total. The number of amides is 1. The molecule has 0 unspecified atom stereocenters. The van der Waals surface area contributed by atoms with E-state index in [0.717, 1.165) is 22.8 Å². The van der Waals surface area contributed by atoms with Crippen LogP contribution >= 0.6 is 0 Å². The first-order valence-electron chi connectivity index (χ1n) is 10.1. The second kappa shape index (κ2) is 8.23. The van der Waals surface area contributed by atoms with Crippen molar-refractivity contribution in [2.75, 3.05) is 27.2 Å². The van der Waals surface area contributed by atoms with E-state index in [-0.39, 0.29) is 11.7 Å². The van der Waals surface area contributed by atoms with E-state index in [0.29, 0.717) is 30.3 Å². The molecule has 7 heteroatoms. The molecule has 1 atom stereocenters. The highest BCUT2D eigenvalue weighted by Crippen LogP contribution is 2.34. The molecular weight excluding hydrogens is 405 g/mol. The summed E-state index contributed by atoms with van der Waals surface area (Å²) in [5.41, 5.74) is 1.93. The van der Waals surface area contributed by atoms with E-state index >= 15 is 0 Å². The fourth-order valence-corrected chi connectivity index (χ4v) is 4.12. The number of carbonyl (C=O) groups is 1. The van der Waals surface area contributed by atoms with Gasteiger partial charge in [-0.1, -0.05) is 42.5 Å². The smallest absolute Gasteiger partial charge is 0.406 e. The molecule has 162 valence electrons. The number of hydrogen-bond acceptors (Lipinski definition) is 3. The highest BCUT2D eigenvalue weighted by Gasteiger charge is 2.31. The van der Waals surface area contributed by atoms with Crippen LogP contribution in [0, 0.1) is 0 Å². The summed E-state index contributed by atoms with van der Waals surface area (Å²) >= 11 is 0. The Morgan fingerprint density at radius 2 is 1.77 bits per heavy atom. The molecule has 4 rings (SSSR count). The van der Waals surface area contributed by atoms with Crippen LogP contribution < -0.4 is 4.74 Å². The third-order valence-electron chi connectivity index (χ3n) is 5.71. The molecule has 0 aliphatic carbocycles. The Bertz CT molecular complexity index is 1110. The van der Waals surface area contributed by atoms with Crippen molar-refractivity contribution in [2.24, 2.45) is 0 Å². The number of carbonyl (C=O) groups excluding carboxylic acids is 1. The van der Waals surface area contributed by atoms with E-state index in [1.54, 1.807) is 18.2 Å². The van der Waals surface area contributed by atoms with Crippen LogP contribution in [0.5, 0.6) is 5.75 Å². The molecule has 1 heterocycles. The minimum atomic E-state index is -4.75. The van der Waals surface area contributed by atoms with Gasteiger partial charge in [-0.15, -0.1) is 13.2 Å². The van der Waals surface area contributed by atoms with E-state index in [2.05, 4.69) is 9.64 Å². The first-order chi connectivity index (χ1) is 14.7.